The number of rotatable bonds is 2. The van der Waals surface area contributed by atoms with E-state index in [1.54, 1.807) is 0 Å². The van der Waals surface area contributed by atoms with Gasteiger partial charge in [-0.05, 0) is 18.2 Å². The highest BCUT2D eigenvalue weighted by molar-refractivity contribution is 5.90. The van der Waals surface area contributed by atoms with Crippen molar-refractivity contribution in [2.24, 2.45) is 0 Å². The lowest BCUT2D eigenvalue weighted by Gasteiger charge is -2.01. The monoisotopic (exact) mass is 151 g/mol. The van der Waals surface area contributed by atoms with Crippen LogP contribution in [0.1, 0.15) is 10.4 Å². The minimum absolute atomic E-state index is 0.159. The van der Waals surface area contributed by atoms with Gasteiger partial charge in [0.25, 0.3) is 0 Å². The van der Waals surface area contributed by atoms with E-state index >= 15 is 0 Å². The molecule has 0 spiro atoms. The van der Waals surface area contributed by atoms with Crippen LogP contribution in [-0.4, -0.2) is 18.2 Å². The standard InChI is InChI=1S/C8H7O3/c1-11-7-5-3-2-4-6(7)8(9)10/h2,4-5H,1H3,(H,9,10). The molecule has 1 N–H and O–H groups in total. The van der Waals surface area contributed by atoms with Crippen LogP contribution < -0.4 is 4.74 Å². The molecule has 0 saturated heterocycles. The van der Waals surface area contributed by atoms with E-state index < -0.39 is 5.97 Å². The van der Waals surface area contributed by atoms with Crippen LogP contribution >= 0.6 is 0 Å². The number of hydrogen-bond donors (Lipinski definition) is 1. The molecule has 57 valence electrons. The van der Waals surface area contributed by atoms with Gasteiger partial charge >= 0.3 is 5.97 Å². The summed E-state index contributed by atoms with van der Waals surface area (Å²) in [6.07, 6.45) is 0. The van der Waals surface area contributed by atoms with Gasteiger partial charge in [0.05, 0.1) is 7.11 Å². The molecule has 3 nitrogen and oxygen atoms in total. The van der Waals surface area contributed by atoms with Crippen molar-refractivity contribution in [3.05, 3.63) is 29.8 Å². The summed E-state index contributed by atoms with van der Waals surface area (Å²) in [5.41, 5.74) is 0.159. The van der Waals surface area contributed by atoms with Crippen LogP contribution in [-0.2, 0) is 0 Å². The zero-order valence-electron chi connectivity index (χ0n) is 6.00. The average Bonchev–Trinajstić information content (AvgIpc) is 2.04. The number of hydrogen-bond acceptors (Lipinski definition) is 2. The quantitative estimate of drug-likeness (QED) is 0.690. The second kappa shape index (κ2) is 3.05. The third-order valence-corrected chi connectivity index (χ3v) is 1.28. The Balaban J connectivity index is 3.12. The fourth-order valence-corrected chi connectivity index (χ4v) is 0.761. The number of carboxylic acid groups (broad SMARTS) is 1. The summed E-state index contributed by atoms with van der Waals surface area (Å²) in [6.45, 7) is 0. The number of carboxylic acids is 1. The lowest BCUT2D eigenvalue weighted by atomic mass is 10.2. The molecule has 0 bridgehead atoms. The van der Waals surface area contributed by atoms with Gasteiger partial charge < -0.3 is 9.84 Å². The Morgan fingerprint density at radius 2 is 2.45 bits per heavy atom. The van der Waals surface area contributed by atoms with E-state index in [0.29, 0.717) is 5.75 Å². The molecule has 3 heteroatoms. The van der Waals surface area contributed by atoms with Gasteiger partial charge in [0, 0.05) is 0 Å². The van der Waals surface area contributed by atoms with E-state index in [9.17, 15) is 4.79 Å². The third-order valence-electron chi connectivity index (χ3n) is 1.28. The summed E-state index contributed by atoms with van der Waals surface area (Å²) < 4.78 is 4.79. The smallest absolute Gasteiger partial charge is 0.339 e. The van der Waals surface area contributed by atoms with Gasteiger partial charge in [-0.25, -0.2) is 4.79 Å². The van der Waals surface area contributed by atoms with E-state index in [2.05, 4.69) is 6.07 Å². The minimum atomic E-state index is -0.990. The summed E-state index contributed by atoms with van der Waals surface area (Å²) >= 11 is 0. The molecule has 1 radical (unpaired) electrons. The zero-order chi connectivity index (χ0) is 8.27. The van der Waals surface area contributed by atoms with Crippen LogP contribution in [0.5, 0.6) is 5.75 Å². The number of methoxy groups -OCH3 is 1. The first-order chi connectivity index (χ1) is 5.25. The normalized spacial score (nSPS) is 9.18. The van der Waals surface area contributed by atoms with Crippen molar-refractivity contribution in [2.75, 3.05) is 7.11 Å². The molecular weight excluding hydrogens is 144 g/mol. The van der Waals surface area contributed by atoms with Crippen molar-refractivity contribution < 1.29 is 14.6 Å². The SMILES string of the molecule is COc1c[c]ccc1C(=O)O. The Morgan fingerprint density at radius 3 is 2.91 bits per heavy atom. The maximum atomic E-state index is 10.5. The van der Waals surface area contributed by atoms with Gasteiger partial charge in [-0.15, -0.1) is 0 Å². The van der Waals surface area contributed by atoms with Crippen molar-refractivity contribution in [3.8, 4) is 5.75 Å². The minimum Gasteiger partial charge on any atom is -0.496 e. The fraction of sp³-hybridized carbons (Fsp3) is 0.125. The lowest BCUT2D eigenvalue weighted by molar-refractivity contribution is 0.0693. The number of benzene rings is 1. The first-order valence-electron chi connectivity index (χ1n) is 3.03. The molecule has 0 aliphatic heterocycles. The second-order valence-corrected chi connectivity index (χ2v) is 1.93. The van der Waals surface area contributed by atoms with Crippen molar-refractivity contribution in [2.45, 2.75) is 0 Å². The Hall–Kier alpha value is -1.51. The molecule has 0 saturated carbocycles. The van der Waals surface area contributed by atoms with Crippen LogP contribution in [0, 0.1) is 6.07 Å². The lowest BCUT2D eigenvalue weighted by Crippen LogP contribution is -1.99. The van der Waals surface area contributed by atoms with E-state index in [1.165, 1.54) is 25.3 Å². The molecule has 0 heterocycles. The molecule has 0 fully saturated rings. The van der Waals surface area contributed by atoms with E-state index in [4.69, 9.17) is 9.84 Å². The highest BCUT2D eigenvalue weighted by Crippen LogP contribution is 2.15. The van der Waals surface area contributed by atoms with Gasteiger partial charge in [0.15, 0.2) is 0 Å². The maximum Gasteiger partial charge on any atom is 0.339 e. The Kier molecular flexibility index (Phi) is 2.11. The number of ether oxygens (including phenoxy) is 1. The molecule has 0 amide bonds. The largest absolute Gasteiger partial charge is 0.496 e. The highest BCUT2D eigenvalue weighted by Gasteiger charge is 2.07. The Labute approximate surface area is 64.2 Å². The summed E-state index contributed by atoms with van der Waals surface area (Å²) in [5, 5.41) is 8.60. The second-order valence-electron chi connectivity index (χ2n) is 1.93. The summed E-state index contributed by atoms with van der Waals surface area (Å²) in [5.74, 6) is -0.657. The first-order valence-corrected chi connectivity index (χ1v) is 3.03. The van der Waals surface area contributed by atoms with Crippen molar-refractivity contribution in [1.82, 2.24) is 0 Å². The Morgan fingerprint density at radius 1 is 1.73 bits per heavy atom. The first kappa shape index (κ1) is 7.60. The summed E-state index contributed by atoms with van der Waals surface area (Å²) in [6, 6.07) is 7.19. The van der Waals surface area contributed by atoms with Gasteiger partial charge in [-0.3, -0.25) is 0 Å². The van der Waals surface area contributed by atoms with Crippen LogP contribution in [0.2, 0.25) is 0 Å². The van der Waals surface area contributed by atoms with Crippen molar-refractivity contribution in [3.63, 3.8) is 0 Å². The summed E-state index contributed by atoms with van der Waals surface area (Å²) in [7, 11) is 1.43. The van der Waals surface area contributed by atoms with E-state index in [-0.39, 0.29) is 5.56 Å². The van der Waals surface area contributed by atoms with E-state index in [1.807, 2.05) is 0 Å². The molecular formula is C8H7O3. The number of carbonyl (C=O) groups is 1. The molecule has 0 aliphatic carbocycles. The van der Waals surface area contributed by atoms with Gasteiger partial charge in [-0.2, -0.15) is 0 Å². The van der Waals surface area contributed by atoms with Crippen molar-refractivity contribution in [1.29, 1.82) is 0 Å². The van der Waals surface area contributed by atoms with Crippen molar-refractivity contribution >= 4 is 5.97 Å². The predicted molar refractivity (Wildman–Crippen MR) is 38.8 cm³/mol. The topological polar surface area (TPSA) is 46.5 Å². The van der Waals surface area contributed by atoms with Gasteiger partial charge in [0.1, 0.15) is 11.3 Å². The fourth-order valence-electron chi connectivity index (χ4n) is 0.761. The maximum absolute atomic E-state index is 10.5. The highest BCUT2D eigenvalue weighted by atomic mass is 16.5. The van der Waals surface area contributed by atoms with Crippen LogP contribution in [0.25, 0.3) is 0 Å². The molecule has 0 atom stereocenters. The predicted octanol–water partition coefficient (Wildman–Crippen LogP) is 1.19. The molecule has 1 rings (SSSR count). The average molecular weight is 151 g/mol. The molecule has 0 aromatic heterocycles. The zero-order valence-corrected chi connectivity index (χ0v) is 6.00. The van der Waals surface area contributed by atoms with Crippen LogP contribution in [0.15, 0.2) is 18.2 Å². The van der Waals surface area contributed by atoms with Crippen LogP contribution in [0.4, 0.5) is 0 Å². The summed E-state index contributed by atoms with van der Waals surface area (Å²) in [4.78, 5) is 10.5. The molecule has 1 aromatic carbocycles. The Bertz CT molecular complexity index is 268. The molecule has 1 aromatic rings. The van der Waals surface area contributed by atoms with Crippen LogP contribution in [0.3, 0.4) is 0 Å². The van der Waals surface area contributed by atoms with E-state index in [0.717, 1.165) is 0 Å². The number of aromatic carboxylic acids is 1. The third kappa shape index (κ3) is 1.49. The van der Waals surface area contributed by atoms with Gasteiger partial charge in [0.2, 0.25) is 0 Å². The molecule has 0 unspecified atom stereocenters. The van der Waals surface area contributed by atoms with Gasteiger partial charge in [-0.1, -0.05) is 6.07 Å². The molecule has 0 aliphatic rings. The molecule has 11 heavy (non-hydrogen) atoms.